The highest BCUT2D eigenvalue weighted by Crippen LogP contribution is 2.55. The smallest absolute Gasteiger partial charge is 0.418 e. The van der Waals surface area contributed by atoms with Gasteiger partial charge in [-0.15, -0.1) is 0 Å². The highest BCUT2D eigenvalue weighted by Gasteiger charge is 2.51. The fraction of sp³-hybridized carbons (Fsp3) is 0.516. The largest absolute Gasteiger partial charge is 0.489 e. The lowest BCUT2D eigenvalue weighted by Gasteiger charge is -2.40. The number of aromatic nitrogens is 6. The van der Waals surface area contributed by atoms with Crippen molar-refractivity contribution in [2.45, 2.75) is 138 Å². The minimum Gasteiger partial charge on any atom is -0.489 e. The third kappa shape index (κ3) is 9.59. The number of benzene rings is 2. The van der Waals surface area contributed by atoms with E-state index in [1.54, 1.807) is 0 Å². The van der Waals surface area contributed by atoms with Gasteiger partial charge >= 0.3 is 24.4 Å². The average Bonchev–Trinajstić information content (AvgIpc) is 1.19. The van der Waals surface area contributed by atoms with Gasteiger partial charge in [-0.1, -0.05) is 47.5 Å². The molecule has 10 aliphatic rings. The molecule has 0 aliphatic carbocycles. The van der Waals surface area contributed by atoms with Gasteiger partial charge in [0.1, 0.15) is 60.7 Å². The van der Waals surface area contributed by atoms with Gasteiger partial charge < -0.3 is 50.8 Å². The molecule has 0 spiro atoms. The summed E-state index contributed by atoms with van der Waals surface area (Å²) in [6, 6.07) is 2.29. The van der Waals surface area contributed by atoms with E-state index < -0.39 is 57.6 Å². The summed E-state index contributed by atoms with van der Waals surface area (Å²) in [6.07, 6.45) is -0.507. The van der Waals surface area contributed by atoms with Crippen molar-refractivity contribution >= 4 is 68.3 Å². The number of hydrogen-bond acceptors (Lipinski definition) is 18. The van der Waals surface area contributed by atoms with E-state index in [9.17, 15) is 26.3 Å². The van der Waals surface area contributed by atoms with Crippen molar-refractivity contribution in [2.24, 2.45) is 0 Å². The van der Waals surface area contributed by atoms with Crippen LogP contribution < -0.4 is 50.8 Å². The number of aryl methyl sites for hydroxylation is 2. The maximum atomic E-state index is 16.9. The van der Waals surface area contributed by atoms with E-state index in [2.05, 4.69) is 63.3 Å². The molecule has 0 saturated carbocycles. The van der Waals surface area contributed by atoms with Crippen LogP contribution in [0.1, 0.15) is 86.5 Å². The Labute approximate surface area is 521 Å². The number of nitrogens with zero attached hydrogens (tertiary/aromatic N) is 10. The van der Waals surface area contributed by atoms with Crippen LogP contribution in [0.5, 0.6) is 23.5 Å². The van der Waals surface area contributed by atoms with Crippen LogP contribution in [0, 0.1) is 25.5 Å². The van der Waals surface area contributed by atoms with Crippen LogP contribution in [0.4, 0.5) is 58.4 Å². The third-order valence-corrected chi connectivity index (χ3v) is 21.0. The van der Waals surface area contributed by atoms with Gasteiger partial charge in [-0.3, -0.25) is 9.80 Å². The molecule has 0 radical (unpaired) electrons. The fourth-order valence-corrected chi connectivity index (χ4v) is 17.1. The standard InChI is InChI=1S/2C31H32ClF4N7O2/c2*1-14-9-30(6-3-7-42(30)10-14)13-45-29-40-26-21-27(44-12-18-17-5-4-16(38-17)11-43(18)28(21)41-29)23(32)20(24(26)33)25-22(31(34,35)36)15(2)8-19(37)39-25/h2*8,16-18,38H,1,3-7,9-13H2,2H3,(H2,37,39)/t2*16-,17+,18-,30+/m11/s1. The molecule has 14 heterocycles. The van der Waals surface area contributed by atoms with E-state index in [-0.39, 0.29) is 152 Å². The Hall–Kier alpha value is -6.84. The van der Waals surface area contributed by atoms with Crippen LogP contribution in [0.15, 0.2) is 36.4 Å². The molecule has 8 atom stereocenters. The number of anilines is 4. The molecule has 10 aliphatic heterocycles. The Morgan fingerprint density at radius 3 is 1.44 bits per heavy atom. The van der Waals surface area contributed by atoms with Crippen molar-refractivity contribution in [2.75, 3.05) is 87.0 Å². The molecule has 0 unspecified atom stereocenters. The predicted octanol–water partition coefficient (Wildman–Crippen LogP) is 10.5. The van der Waals surface area contributed by atoms with Crippen LogP contribution in [-0.2, 0) is 12.4 Å². The zero-order chi connectivity index (χ0) is 62.8. The monoisotopic (exact) mass is 1290 g/mol. The number of alkyl halides is 6. The van der Waals surface area contributed by atoms with Gasteiger partial charge in [0.05, 0.1) is 77.6 Å². The first kappa shape index (κ1) is 59.5. The predicted molar refractivity (Wildman–Crippen MR) is 323 cm³/mol. The van der Waals surface area contributed by atoms with Crippen LogP contribution in [0.25, 0.3) is 44.3 Å². The number of pyridine rings is 2. The second kappa shape index (κ2) is 21.4. The minimum atomic E-state index is -4.87. The van der Waals surface area contributed by atoms with Crippen LogP contribution in [0.2, 0.25) is 10.0 Å². The highest BCUT2D eigenvalue weighted by atomic mass is 35.5. The van der Waals surface area contributed by atoms with Gasteiger partial charge in [0.2, 0.25) is 0 Å². The number of halogens is 10. The van der Waals surface area contributed by atoms with Gasteiger partial charge in [-0.2, -0.15) is 46.3 Å². The van der Waals surface area contributed by atoms with E-state index in [0.29, 0.717) is 24.7 Å². The summed E-state index contributed by atoms with van der Waals surface area (Å²) >= 11 is 13.6. The molecule has 0 amide bonds. The Morgan fingerprint density at radius 1 is 0.633 bits per heavy atom. The van der Waals surface area contributed by atoms with Crippen LogP contribution in [-0.4, -0.2) is 153 Å². The van der Waals surface area contributed by atoms with E-state index in [1.807, 2.05) is 0 Å². The Morgan fingerprint density at radius 2 is 1.04 bits per heavy atom. The first-order chi connectivity index (χ1) is 42.9. The molecule has 476 valence electrons. The number of hydrogen-bond donors (Lipinski definition) is 4. The second-order valence-corrected chi connectivity index (χ2v) is 26.8. The first-order valence-corrected chi connectivity index (χ1v) is 31.2. The molecule has 6 aromatic rings. The molecule has 8 saturated heterocycles. The fourth-order valence-electron chi connectivity index (χ4n) is 16.5. The van der Waals surface area contributed by atoms with Gasteiger partial charge in [0.25, 0.3) is 0 Å². The number of piperazine rings is 2. The molecule has 28 heteroatoms. The van der Waals surface area contributed by atoms with E-state index in [0.717, 1.165) is 114 Å². The number of nitrogen functional groups attached to an aromatic ring is 2. The summed E-state index contributed by atoms with van der Waals surface area (Å²) in [4.78, 5) is 35.5. The number of nitrogens with two attached hydrogens (primary N) is 2. The van der Waals surface area contributed by atoms with Crippen molar-refractivity contribution in [3.8, 4) is 46.0 Å². The quantitative estimate of drug-likeness (QED) is 0.0827. The molecular formula is C62H64Cl2F8N14O4. The topological polar surface area (TPSA) is 203 Å². The van der Waals surface area contributed by atoms with Crippen LogP contribution >= 0.6 is 23.2 Å². The SMILES string of the molecule is C=C1CN2CCC[C@@]2(COc2nc3c4c(c(Cl)c(-c5nc(N)cc(C)c5C(F)(F)F)c(F)c4n2)OC[C@@H]2[C@@H]4CC[C@H](CN32)N4)C1.C=C1CN2CCC[C@@]2(COc2nc3c4c(c(Cl)c(-c5nc(N)cc(C)c5C(F)(F)F)c(F)c4n2)OC[C@@H]2[C@@H]4CC[C@H](CN32)N4)C1. The molecule has 16 rings (SSSR count). The summed E-state index contributed by atoms with van der Waals surface area (Å²) in [6.45, 7) is 16.3. The van der Waals surface area contributed by atoms with Gasteiger partial charge in [0, 0.05) is 50.3 Å². The normalized spacial score (nSPS) is 27.5. The van der Waals surface area contributed by atoms with E-state index >= 15 is 8.78 Å². The van der Waals surface area contributed by atoms with Gasteiger partial charge in [0.15, 0.2) is 23.1 Å². The van der Waals surface area contributed by atoms with Crippen LogP contribution in [0.3, 0.4) is 0 Å². The lowest BCUT2D eigenvalue weighted by molar-refractivity contribution is -0.138. The Kier molecular flexibility index (Phi) is 14.1. The lowest BCUT2D eigenvalue weighted by Crippen LogP contribution is -2.60. The lowest BCUT2D eigenvalue weighted by atomic mass is 9.94. The molecule has 4 aromatic heterocycles. The molecule has 6 N–H and O–H groups in total. The number of ether oxygens (including phenoxy) is 4. The maximum Gasteiger partial charge on any atom is 0.418 e. The van der Waals surface area contributed by atoms with Crippen molar-refractivity contribution < 1.29 is 54.1 Å². The zero-order valence-electron chi connectivity index (χ0n) is 49.2. The summed E-state index contributed by atoms with van der Waals surface area (Å²) in [5, 5.41) is 6.94. The van der Waals surface area contributed by atoms with E-state index in [4.69, 9.17) is 63.6 Å². The molecule has 4 bridgehead atoms. The van der Waals surface area contributed by atoms with E-state index in [1.165, 1.54) is 13.8 Å². The zero-order valence-corrected chi connectivity index (χ0v) is 50.7. The summed E-state index contributed by atoms with van der Waals surface area (Å²) in [5.41, 5.74) is 7.76. The molecule has 2 aromatic carbocycles. The minimum absolute atomic E-state index is 0.0116. The van der Waals surface area contributed by atoms with Gasteiger partial charge in [-0.05, 0) is 114 Å². The molecule has 18 nitrogen and oxygen atoms in total. The Balaban J connectivity index is 0.000000150. The number of rotatable bonds is 8. The summed E-state index contributed by atoms with van der Waals surface area (Å²) < 4.78 is 145. The number of fused-ring (bicyclic) bond motifs is 12. The maximum absolute atomic E-state index is 16.9. The summed E-state index contributed by atoms with van der Waals surface area (Å²) in [5.74, 6) is -1.76. The van der Waals surface area contributed by atoms with Gasteiger partial charge in [-0.25, -0.2) is 18.7 Å². The first-order valence-electron chi connectivity index (χ1n) is 30.4. The molecule has 8 fully saturated rings. The average molecular weight is 1290 g/mol. The van der Waals surface area contributed by atoms with Crippen molar-refractivity contribution in [1.82, 2.24) is 50.3 Å². The second-order valence-electron chi connectivity index (χ2n) is 26.0. The molecule has 90 heavy (non-hydrogen) atoms. The number of nitrogens with one attached hydrogen (secondary N) is 2. The Bertz CT molecular complexity index is 3800. The third-order valence-electron chi connectivity index (χ3n) is 20.3. The highest BCUT2D eigenvalue weighted by molar-refractivity contribution is 6.37. The van der Waals surface area contributed by atoms with Crippen molar-refractivity contribution in [3.63, 3.8) is 0 Å². The summed E-state index contributed by atoms with van der Waals surface area (Å²) in [7, 11) is 0. The van der Waals surface area contributed by atoms with Crippen molar-refractivity contribution in [3.05, 3.63) is 80.4 Å². The van der Waals surface area contributed by atoms with Crippen molar-refractivity contribution in [1.29, 1.82) is 0 Å². The molecular weight excluding hydrogens is 1230 g/mol.